The summed E-state index contributed by atoms with van der Waals surface area (Å²) in [4.78, 5) is 11.1. The van der Waals surface area contributed by atoms with Gasteiger partial charge in [-0.15, -0.1) is 0 Å². The van der Waals surface area contributed by atoms with Crippen molar-refractivity contribution in [2.45, 2.75) is 6.92 Å². The molecule has 23 heavy (non-hydrogen) atoms. The maximum Gasteiger partial charge on any atom is 0.141 e. The molecule has 4 rings (SSSR count). The van der Waals surface area contributed by atoms with Crippen molar-refractivity contribution >= 4 is 56.4 Å². The molecule has 0 bridgehead atoms. The summed E-state index contributed by atoms with van der Waals surface area (Å²) in [5.74, 6) is 0.831. The lowest BCUT2D eigenvalue weighted by Crippen LogP contribution is -2.15. The second-order valence-corrected chi connectivity index (χ2v) is 6.75. The molecule has 3 aromatic rings. The molecule has 0 radical (unpaired) electrons. The van der Waals surface area contributed by atoms with E-state index in [0.717, 1.165) is 34.8 Å². The number of nitrogens with zero attached hydrogens (tertiary/aromatic N) is 3. The second kappa shape index (κ2) is 5.52. The van der Waals surface area contributed by atoms with Crippen LogP contribution in [0.4, 0.5) is 22.9 Å². The van der Waals surface area contributed by atoms with E-state index in [1.807, 2.05) is 0 Å². The van der Waals surface area contributed by atoms with Crippen LogP contribution in [0.15, 0.2) is 36.7 Å². The lowest BCUT2D eigenvalue weighted by molar-refractivity contribution is 1.03. The van der Waals surface area contributed by atoms with E-state index >= 15 is 0 Å². The molecule has 2 aromatic carbocycles. The molecule has 0 atom stereocenters. The fraction of sp³-hybridized carbons (Fsp3) is 0.176. The van der Waals surface area contributed by atoms with Gasteiger partial charge in [0.1, 0.15) is 12.1 Å². The summed E-state index contributed by atoms with van der Waals surface area (Å²) in [6, 6.07) is 10.4. The van der Waals surface area contributed by atoms with E-state index in [9.17, 15) is 0 Å². The van der Waals surface area contributed by atoms with Crippen LogP contribution in [0.25, 0.3) is 10.9 Å². The molecule has 2 heterocycles. The predicted octanol–water partition coefficient (Wildman–Crippen LogP) is 4.11. The fourth-order valence-corrected chi connectivity index (χ4v) is 3.46. The Kier molecular flexibility index (Phi) is 3.48. The van der Waals surface area contributed by atoms with Crippen molar-refractivity contribution in [1.82, 2.24) is 9.97 Å². The third kappa shape index (κ3) is 2.37. The summed E-state index contributed by atoms with van der Waals surface area (Å²) in [5.41, 5.74) is 5.55. The van der Waals surface area contributed by atoms with Gasteiger partial charge < -0.3 is 15.5 Å². The molecule has 2 N–H and O–H groups in total. The SMILES string of the molecule is Cc1ccc2c(Nc3cccc4c3NCN4C)ncnc2c1I. The smallest absolute Gasteiger partial charge is 0.141 e. The van der Waals surface area contributed by atoms with Crippen molar-refractivity contribution < 1.29 is 0 Å². The Labute approximate surface area is 148 Å². The van der Waals surface area contributed by atoms with E-state index in [-0.39, 0.29) is 0 Å². The molecule has 0 fully saturated rings. The Morgan fingerprint density at radius 1 is 1.22 bits per heavy atom. The number of fused-ring (bicyclic) bond motifs is 2. The quantitative estimate of drug-likeness (QED) is 0.615. The predicted molar refractivity (Wildman–Crippen MR) is 104 cm³/mol. The third-order valence-corrected chi connectivity index (χ3v) is 5.50. The molecule has 116 valence electrons. The molecule has 0 amide bonds. The van der Waals surface area contributed by atoms with Crippen LogP contribution in [0.5, 0.6) is 0 Å². The van der Waals surface area contributed by atoms with Crippen LogP contribution in [-0.4, -0.2) is 23.7 Å². The number of anilines is 4. The molecular formula is C17H16IN5. The number of benzene rings is 2. The number of rotatable bonds is 2. The van der Waals surface area contributed by atoms with Crippen molar-refractivity contribution in [2.75, 3.05) is 29.2 Å². The Balaban J connectivity index is 1.82. The Morgan fingerprint density at radius 2 is 2.09 bits per heavy atom. The van der Waals surface area contributed by atoms with Crippen LogP contribution >= 0.6 is 22.6 Å². The standard InChI is InChI=1S/C17H16IN5/c1-10-6-7-11-15(14(10)18)19-8-20-17(11)22-12-4-3-5-13-16(12)21-9-23(13)2/h3-8,21H,9H2,1-2H3,(H,19,20,22). The van der Waals surface area contributed by atoms with Gasteiger partial charge in [-0.25, -0.2) is 9.97 Å². The zero-order chi connectivity index (χ0) is 16.0. The molecule has 5 nitrogen and oxygen atoms in total. The highest BCUT2D eigenvalue weighted by atomic mass is 127. The zero-order valence-corrected chi connectivity index (χ0v) is 15.0. The van der Waals surface area contributed by atoms with Gasteiger partial charge in [-0.3, -0.25) is 0 Å². The first-order valence-corrected chi connectivity index (χ1v) is 8.48. The molecule has 0 aliphatic carbocycles. The fourth-order valence-electron chi connectivity index (χ4n) is 2.85. The van der Waals surface area contributed by atoms with Crippen LogP contribution in [-0.2, 0) is 0 Å². The van der Waals surface area contributed by atoms with Crippen LogP contribution in [0.1, 0.15) is 5.56 Å². The van der Waals surface area contributed by atoms with Gasteiger partial charge in [-0.1, -0.05) is 12.1 Å². The van der Waals surface area contributed by atoms with Crippen molar-refractivity contribution in [3.63, 3.8) is 0 Å². The first-order chi connectivity index (χ1) is 11.1. The first kappa shape index (κ1) is 14.5. The number of aromatic nitrogens is 2. The van der Waals surface area contributed by atoms with Gasteiger partial charge in [0.25, 0.3) is 0 Å². The third-order valence-electron chi connectivity index (χ3n) is 4.14. The number of hydrogen-bond acceptors (Lipinski definition) is 5. The van der Waals surface area contributed by atoms with Crippen molar-refractivity contribution in [3.8, 4) is 0 Å². The number of hydrogen-bond donors (Lipinski definition) is 2. The van der Waals surface area contributed by atoms with E-state index in [4.69, 9.17) is 0 Å². The number of halogens is 1. The largest absolute Gasteiger partial charge is 0.364 e. The van der Waals surface area contributed by atoms with E-state index in [2.05, 4.69) is 92.4 Å². The molecule has 0 saturated carbocycles. The average molecular weight is 417 g/mol. The maximum absolute atomic E-state index is 4.45. The van der Waals surface area contributed by atoms with E-state index < -0.39 is 0 Å². The summed E-state index contributed by atoms with van der Waals surface area (Å²) in [5, 5.41) is 7.93. The summed E-state index contributed by atoms with van der Waals surface area (Å²) in [6.07, 6.45) is 1.62. The van der Waals surface area contributed by atoms with Crippen molar-refractivity contribution in [3.05, 3.63) is 45.8 Å². The minimum absolute atomic E-state index is 0.815. The molecule has 6 heteroatoms. The molecule has 0 unspecified atom stereocenters. The van der Waals surface area contributed by atoms with Gasteiger partial charge in [-0.2, -0.15) is 0 Å². The highest BCUT2D eigenvalue weighted by Crippen LogP contribution is 2.38. The summed E-state index contributed by atoms with van der Waals surface area (Å²) >= 11 is 2.35. The second-order valence-electron chi connectivity index (χ2n) is 5.67. The topological polar surface area (TPSA) is 53.1 Å². The normalized spacial score (nSPS) is 13.1. The molecule has 1 aliphatic heterocycles. The molecule has 1 aromatic heterocycles. The number of aryl methyl sites for hydroxylation is 1. The monoisotopic (exact) mass is 417 g/mol. The lowest BCUT2D eigenvalue weighted by Gasteiger charge is -2.14. The van der Waals surface area contributed by atoms with Crippen molar-refractivity contribution in [1.29, 1.82) is 0 Å². The highest BCUT2D eigenvalue weighted by Gasteiger charge is 2.18. The zero-order valence-electron chi connectivity index (χ0n) is 12.9. The Morgan fingerprint density at radius 3 is 2.96 bits per heavy atom. The van der Waals surface area contributed by atoms with Gasteiger partial charge >= 0.3 is 0 Å². The summed E-state index contributed by atoms with van der Waals surface area (Å²) in [7, 11) is 2.08. The molecule has 0 spiro atoms. The van der Waals surface area contributed by atoms with Crippen LogP contribution in [0, 0.1) is 10.5 Å². The minimum Gasteiger partial charge on any atom is -0.364 e. The number of nitrogens with one attached hydrogen (secondary N) is 2. The van der Waals surface area contributed by atoms with Gasteiger partial charge in [0, 0.05) is 16.0 Å². The molecule has 0 saturated heterocycles. The average Bonchev–Trinajstić information content (AvgIpc) is 2.94. The van der Waals surface area contributed by atoms with E-state index in [1.54, 1.807) is 6.33 Å². The molecular weight excluding hydrogens is 401 g/mol. The van der Waals surface area contributed by atoms with Gasteiger partial charge in [0.05, 0.1) is 29.2 Å². The highest BCUT2D eigenvalue weighted by molar-refractivity contribution is 14.1. The van der Waals surface area contributed by atoms with E-state index in [0.29, 0.717) is 0 Å². The van der Waals surface area contributed by atoms with Gasteiger partial charge in [0.2, 0.25) is 0 Å². The van der Waals surface area contributed by atoms with Crippen LogP contribution < -0.4 is 15.5 Å². The lowest BCUT2D eigenvalue weighted by atomic mass is 10.1. The summed E-state index contributed by atoms with van der Waals surface area (Å²) < 4.78 is 1.17. The Hall–Kier alpha value is -2.09. The van der Waals surface area contributed by atoms with Crippen LogP contribution in [0.3, 0.4) is 0 Å². The maximum atomic E-state index is 4.45. The molecule has 1 aliphatic rings. The first-order valence-electron chi connectivity index (χ1n) is 7.40. The van der Waals surface area contributed by atoms with Crippen LogP contribution in [0.2, 0.25) is 0 Å². The van der Waals surface area contributed by atoms with Gasteiger partial charge in [0.15, 0.2) is 0 Å². The van der Waals surface area contributed by atoms with E-state index in [1.165, 1.54) is 14.8 Å². The Bertz CT molecular complexity index is 909. The number of para-hydroxylation sites is 1. The van der Waals surface area contributed by atoms with Gasteiger partial charge in [-0.05, 0) is 53.3 Å². The van der Waals surface area contributed by atoms with Crippen molar-refractivity contribution in [2.24, 2.45) is 0 Å². The summed E-state index contributed by atoms with van der Waals surface area (Å²) in [6.45, 7) is 2.91. The minimum atomic E-state index is 0.815.